The second-order valence-corrected chi connectivity index (χ2v) is 6.79. The average molecular weight is 335 g/mol. The normalized spacial score (nSPS) is 19.0. The van der Waals surface area contributed by atoms with Crippen LogP contribution in [0.4, 0.5) is 5.69 Å². The number of thioether (sulfide) groups is 1. The van der Waals surface area contributed by atoms with Crippen LogP contribution in [0.1, 0.15) is 4.88 Å². The van der Waals surface area contributed by atoms with Crippen LogP contribution in [0, 0.1) is 0 Å². The molecule has 1 saturated heterocycles. The van der Waals surface area contributed by atoms with E-state index < -0.39 is 0 Å². The number of amidine groups is 1. The van der Waals surface area contributed by atoms with Gasteiger partial charge in [-0.05, 0) is 53.5 Å². The number of hydrogen-bond acceptors (Lipinski definition) is 4. The Hall–Kier alpha value is -1.56. The molecule has 1 fully saturated rings. The molecular formula is C15H11ClN2OS2. The first-order chi connectivity index (χ1) is 10.1. The fraction of sp³-hybridized carbons (Fsp3) is 0.0667. The van der Waals surface area contributed by atoms with Gasteiger partial charge in [-0.1, -0.05) is 17.7 Å². The van der Waals surface area contributed by atoms with E-state index in [1.54, 1.807) is 35.4 Å². The quantitative estimate of drug-likeness (QED) is 0.750. The van der Waals surface area contributed by atoms with E-state index in [4.69, 9.17) is 11.6 Å². The number of nitrogens with zero attached hydrogens (tertiary/aromatic N) is 2. The summed E-state index contributed by atoms with van der Waals surface area (Å²) in [7, 11) is 1.74. The Morgan fingerprint density at radius 2 is 2.00 bits per heavy atom. The van der Waals surface area contributed by atoms with Crippen molar-refractivity contribution in [2.45, 2.75) is 0 Å². The highest BCUT2D eigenvalue weighted by Gasteiger charge is 2.30. The smallest absolute Gasteiger partial charge is 0.266 e. The van der Waals surface area contributed by atoms with Crippen LogP contribution in [0.15, 0.2) is 51.7 Å². The summed E-state index contributed by atoms with van der Waals surface area (Å²) in [6, 6.07) is 11.2. The molecule has 0 spiro atoms. The molecule has 21 heavy (non-hydrogen) atoms. The maximum atomic E-state index is 12.2. The van der Waals surface area contributed by atoms with Gasteiger partial charge in [0.05, 0.1) is 10.6 Å². The zero-order chi connectivity index (χ0) is 14.8. The van der Waals surface area contributed by atoms with Crippen molar-refractivity contribution in [1.29, 1.82) is 0 Å². The van der Waals surface area contributed by atoms with Gasteiger partial charge in [-0.15, -0.1) is 11.3 Å². The lowest BCUT2D eigenvalue weighted by Crippen LogP contribution is -2.23. The molecule has 0 radical (unpaired) electrons. The first-order valence-electron chi connectivity index (χ1n) is 6.19. The van der Waals surface area contributed by atoms with Crippen molar-refractivity contribution in [3.63, 3.8) is 0 Å². The van der Waals surface area contributed by atoms with Crippen LogP contribution in [0.25, 0.3) is 6.08 Å². The lowest BCUT2D eigenvalue weighted by atomic mass is 10.3. The Bertz CT molecular complexity index is 721. The van der Waals surface area contributed by atoms with E-state index in [9.17, 15) is 4.79 Å². The molecule has 1 aliphatic heterocycles. The van der Waals surface area contributed by atoms with Gasteiger partial charge in [0.2, 0.25) is 0 Å². The molecule has 0 aliphatic carbocycles. The third-order valence-electron chi connectivity index (χ3n) is 2.87. The molecule has 106 valence electrons. The Balaban J connectivity index is 1.88. The van der Waals surface area contributed by atoms with Crippen LogP contribution in [-0.4, -0.2) is 23.0 Å². The summed E-state index contributed by atoms with van der Waals surface area (Å²) in [5, 5.41) is 3.33. The molecule has 3 rings (SSSR count). The van der Waals surface area contributed by atoms with Gasteiger partial charge in [0.15, 0.2) is 5.17 Å². The molecule has 0 bridgehead atoms. The minimum atomic E-state index is -0.0267. The van der Waals surface area contributed by atoms with E-state index in [0.29, 0.717) is 15.1 Å². The predicted molar refractivity (Wildman–Crippen MR) is 91.2 cm³/mol. The van der Waals surface area contributed by atoms with Gasteiger partial charge in [-0.25, -0.2) is 4.99 Å². The third kappa shape index (κ3) is 3.20. The largest absolute Gasteiger partial charge is 0.290 e. The van der Waals surface area contributed by atoms with Gasteiger partial charge >= 0.3 is 0 Å². The van der Waals surface area contributed by atoms with E-state index in [1.165, 1.54) is 11.8 Å². The molecule has 1 amide bonds. The molecule has 2 heterocycles. The van der Waals surface area contributed by atoms with Crippen LogP contribution < -0.4 is 0 Å². The number of thiophene rings is 1. The molecule has 3 nitrogen and oxygen atoms in total. The number of carbonyl (C=O) groups is 1. The summed E-state index contributed by atoms with van der Waals surface area (Å²) >= 11 is 8.85. The molecule has 1 aliphatic rings. The van der Waals surface area contributed by atoms with E-state index in [2.05, 4.69) is 4.99 Å². The summed E-state index contributed by atoms with van der Waals surface area (Å²) in [5.74, 6) is -0.0267. The number of likely N-dealkylation sites (N-methyl/N-ethyl adjacent to an activating group) is 1. The lowest BCUT2D eigenvalue weighted by molar-refractivity contribution is -0.121. The van der Waals surface area contributed by atoms with Crippen LogP contribution >= 0.6 is 34.7 Å². The number of rotatable bonds is 2. The molecule has 1 aromatic heterocycles. The first-order valence-corrected chi connectivity index (χ1v) is 8.26. The van der Waals surface area contributed by atoms with Gasteiger partial charge < -0.3 is 0 Å². The Kier molecular flexibility index (Phi) is 4.14. The van der Waals surface area contributed by atoms with Crippen LogP contribution in [-0.2, 0) is 4.79 Å². The zero-order valence-electron chi connectivity index (χ0n) is 11.1. The lowest BCUT2D eigenvalue weighted by Gasteiger charge is -2.06. The van der Waals surface area contributed by atoms with E-state index in [-0.39, 0.29) is 5.91 Å². The van der Waals surface area contributed by atoms with Crippen molar-refractivity contribution in [3.8, 4) is 0 Å². The number of hydrogen-bond donors (Lipinski definition) is 0. The highest BCUT2D eigenvalue weighted by atomic mass is 35.5. The van der Waals surface area contributed by atoms with E-state index >= 15 is 0 Å². The molecular weight excluding hydrogens is 324 g/mol. The third-order valence-corrected chi connectivity index (χ3v) is 5.00. The molecule has 1 aromatic carbocycles. The minimum Gasteiger partial charge on any atom is -0.290 e. The van der Waals surface area contributed by atoms with Crippen LogP contribution in [0.2, 0.25) is 5.02 Å². The fourth-order valence-electron chi connectivity index (χ4n) is 1.78. The van der Waals surface area contributed by atoms with Crippen molar-refractivity contribution in [3.05, 3.63) is 56.6 Å². The van der Waals surface area contributed by atoms with Crippen LogP contribution in [0.5, 0.6) is 0 Å². The average Bonchev–Trinajstić information content (AvgIpc) is 3.07. The van der Waals surface area contributed by atoms with Gasteiger partial charge in [-0.2, -0.15) is 0 Å². The number of aliphatic imine (C=N–C) groups is 1. The maximum absolute atomic E-state index is 12.2. The second kappa shape index (κ2) is 6.05. The Morgan fingerprint density at radius 1 is 1.24 bits per heavy atom. The SMILES string of the molecule is CN1C(=O)C(=Cc2cccs2)SC1=Nc1ccc(Cl)cc1. The summed E-state index contributed by atoms with van der Waals surface area (Å²) in [6.07, 6.45) is 1.90. The monoisotopic (exact) mass is 334 g/mol. The Morgan fingerprint density at radius 3 is 2.67 bits per heavy atom. The van der Waals surface area contributed by atoms with E-state index in [1.807, 2.05) is 35.7 Å². The van der Waals surface area contributed by atoms with E-state index in [0.717, 1.165) is 10.6 Å². The van der Waals surface area contributed by atoms with Gasteiger partial charge in [0, 0.05) is 16.9 Å². The van der Waals surface area contributed by atoms with Crippen molar-refractivity contribution in [1.82, 2.24) is 4.90 Å². The Labute approximate surface area is 136 Å². The maximum Gasteiger partial charge on any atom is 0.266 e. The summed E-state index contributed by atoms with van der Waals surface area (Å²) in [4.78, 5) is 20.0. The summed E-state index contributed by atoms with van der Waals surface area (Å²) < 4.78 is 0. The zero-order valence-corrected chi connectivity index (χ0v) is 13.5. The number of carbonyl (C=O) groups excluding carboxylic acids is 1. The standard InChI is InChI=1S/C15H11ClN2OS2/c1-18-14(19)13(9-12-3-2-8-20-12)21-15(18)17-11-6-4-10(16)5-7-11/h2-9H,1H3. The molecule has 2 aromatic rings. The summed E-state index contributed by atoms with van der Waals surface area (Å²) in [5.41, 5.74) is 0.777. The van der Waals surface area contributed by atoms with Crippen molar-refractivity contribution >= 4 is 57.5 Å². The van der Waals surface area contributed by atoms with Gasteiger partial charge in [-0.3, -0.25) is 9.69 Å². The molecule has 0 atom stereocenters. The van der Waals surface area contributed by atoms with Crippen LogP contribution in [0.3, 0.4) is 0 Å². The van der Waals surface area contributed by atoms with Crippen molar-refractivity contribution in [2.24, 2.45) is 4.99 Å². The van der Waals surface area contributed by atoms with Crippen molar-refractivity contribution in [2.75, 3.05) is 7.05 Å². The van der Waals surface area contributed by atoms with Gasteiger partial charge in [0.1, 0.15) is 0 Å². The second-order valence-electron chi connectivity index (χ2n) is 4.36. The van der Waals surface area contributed by atoms with Crippen molar-refractivity contribution < 1.29 is 4.79 Å². The minimum absolute atomic E-state index is 0.0267. The fourth-order valence-corrected chi connectivity index (χ4v) is 3.62. The first kappa shape index (κ1) is 14.4. The molecule has 0 saturated carbocycles. The molecule has 0 N–H and O–H groups in total. The predicted octanol–water partition coefficient (Wildman–Crippen LogP) is 4.64. The molecule has 0 unspecified atom stereocenters. The molecule has 6 heteroatoms. The topological polar surface area (TPSA) is 32.7 Å². The highest BCUT2D eigenvalue weighted by Crippen LogP contribution is 2.33. The number of amides is 1. The van der Waals surface area contributed by atoms with Gasteiger partial charge in [0.25, 0.3) is 5.91 Å². The summed E-state index contributed by atoms with van der Waals surface area (Å²) in [6.45, 7) is 0. The number of halogens is 1. The number of benzene rings is 1. The highest BCUT2D eigenvalue weighted by molar-refractivity contribution is 8.18.